The van der Waals surface area contributed by atoms with Gasteiger partial charge in [0.15, 0.2) is 4.80 Å². The second kappa shape index (κ2) is 10.9. The van der Waals surface area contributed by atoms with Gasteiger partial charge in [-0.2, -0.15) is 0 Å². The third-order valence-electron chi connectivity index (χ3n) is 5.96. The number of aromatic nitrogens is 1. The van der Waals surface area contributed by atoms with Gasteiger partial charge in [-0.15, -0.1) is 0 Å². The lowest BCUT2D eigenvalue weighted by Crippen LogP contribution is -2.39. The van der Waals surface area contributed by atoms with E-state index in [-0.39, 0.29) is 33.9 Å². The molecule has 0 bridgehead atoms. The summed E-state index contributed by atoms with van der Waals surface area (Å²) >= 11 is 1.10. The molecule has 198 valence electrons. The molecular formula is C26H25N3O8S. The van der Waals surface area contributed by atoms with Crippen molar-refractivity contribution in [2.45, 2.75) is 19.9 Å². The summed E-state index contributed by atoms with van der Waals surface area (Å²) in [5, 5.41) is 11.6. The maximum atomic E-state index is 13.8. The van der Waals surface area contributed by atoms with Crippen LogP contribution in [0.3, 0.4) is 0 Å². The van der Waals surface area contributed by atoms with E-state index < -0.39 is 22.5 Å². The zero-order valence-electron chi connectivity index (χ0n) is 21.3. The summed E-state index contributed by atoms with van der Waals surface area (Å²) in [6, 6.07) is 8.90. The van der Waals surface area contributed by atoms with E-state index in [4.69, 9.17) is 18.9 Å². The highest BCUT2D eigenvalue weighted by Gasteiger charge is 2.33. The molecule has 0 N–H and O–H groups in total. The first-order valence-electron chi connectivity index (χ1n) is 11.5. The van der Waals surface area contributed by atoms with Crippen molar-refractivity contribution >= 4 is 29.1 Å². The minimum atomic E-state index is -0.801. The Balaban J connectivity index is 1.97. The van der Waals surface area contributed by atoms with Crippen LogP contribution in [0.2, 0.25) is 0 Å². The van der Waals surface area contributed by atoms with Crippen LogP contribution in [0, 0.1) is 10.1 Å². The number of thiazole rings is 1. The molecule has 0 amide bonds. The number of allylic oxidation sites excluding steroid dienone is 1. The summed E-state index contributed by atoms with van der Waals surface area (Å²) in [7, 11) is 4.28. The van der Waals surface area contributed by atoms with Crippen LogP contribution < -0.4 is 29.1 Å². The number of hydrogen-bond acceptors (Lipinski definition) is 10. The Kier molecular flexibility index (Phi) is 7.62. The van der Waals surface area contributed by atoms with Crippen LogP contribution >= 0.6 is 11.3 Å². The second-order valence-electron chi connectivity index (χ2n) is 8.10. The lowest BCUT2D eigenvalue weighted by atomic mass is 9.96. The Morgan fingerprint density at radius 1 is 1.13 bits per heavy atom. The third-order valence-corrected chi connectivity index (χ3v) is 6.95. The van der Waals surface area contributed by atoms with E-state index in [0.29, 0.717) is 27.4 Å². The molecule has 1 aliphatic heterocycles. The molecule has 1 aromatic heterocycles. The topological polar surface area (TPSA) is 131 Å². The number of rotatable bonds is 8. The van der Waals surface area contributed by atoms with Gasteiger partial charge < -0.3 is 18.9 Å². The molecular weight excluding hydrogens is 514 g/mol. The molecule has 2 heterocycles. The Labute approximate surface area is 221 Å². The zero-order chi connectivity index (χ0) is 27.6. The quantitative estimate of drug-likeness (QED) is 0.243. The molecule has 0 saturated carbocycles. The number of esters is 1. The number of carbonyl (C=O) groups is 1. The fourth-order valence-corrected chi connectivity index (χ4v) is 5.23. The molecule has 4 rings (SSSR count). The number of nitro benzene ring substituents is 1. The number of hydrogen-bond donors (Lipinski definition) is 0. The van der Waals surface area contributed by atoms with Gasteiger partial charge in [-0.1, -0.05) is 23.5 Å². The maximum absolute atomic E-state index is 13.8. The first-order valence-corrected chi connectivity index (χ1v) is 12.3. The molecule has 1 aliphatic rings. The summed E-state index contributed by atoms with van der Waals surface area (Å²) in [6.45, 7) is 3.55. The van der Waals surface area contributed by atoms with E-state index in [9.17, 15) is 19.7 Å². The Morgan fingerprint density at radius 3 is 2.39 bits per heavy atom. The molecule has 0 fully saturated rings. The van der Waals surface area contributed by atoms with Gasteiger partial charge in [-0.05, 0) is 37.6 Å². The molecule has 0 spiro atoms. The largest absolute Gasteiger partial charge is 0.497 e. The number of ether oxygens (including phenoxy) is 4. The van der Waals surface area contributed by atoms with Crippen LogP contribution in [0.5, 0.6) is 17.2 Å². The second-order valence-corrected chi connectivity index (χ2v) is 9.11. The van der Waals surface area contributed by atoms with Crippen molar-refractivity contribution < 1.29 is 28.7 Å². The minimum Gasteiger partial charge on any atom is -0.497 e. The van der Waals surface area contributed by atoms with Crippen LogP contribution in [-0.2, 0) is 9.53 Å². The Bertz CT molecular complexity index is 1620. The van der Waals surface area contributed by atoms with Crippen molar-refractivity contribution in [3.63, 3.8) is 0 Å². The van der Waals surface area contributed by atoms with Crippen LogP contribution in [0.15, 0.2) is 57.5 Å². The molecule has 0 aliphatic carbocycles. The Morgan fingerprint density at radius 2 is 1.82 bits per heavy atom. The fraction of sp³-hybridized carbons (Fsp3) is 0.269. The maximum Gasteiger partial charge on any atom is 0.338 e. The third kappa shape index (κ3) is 4.77. The predicted molar refractivity (Wildman–Crippen MR) is 140 cm³/mol. The van der Waals surface area contributed by atoms with Crippen molar-refractivity contribution in [1.29, 1.82) is 0 Å². The molecule has 12 heteroatoms. The summed E-state index contributed by atoms with van der Waals surface area (Å²) < 4.78 is 22.8. The molecule has 11 nitrogen and oxygen atoms in total. The minimum absolute atomic E-state index is 0.0275. The highest BCUT2D eigenvalue weighted by atomic mass is 32.1. The van der Waals surface area contributed by atoms with Gasteiger partial charge in [0.1, 0.15) is 11.5 Å². The zero-order valence-corrected chi connectivity index (χ0v) is 22.2. The number of methoxy groups -OCH3 is 3. The first-order chi connectivity index (χ1) is 18.2. The van der Waals surface area contributed by atoms with Crippen molar-refractivity contribution in [2.75, 3.05) is 27.9 Å². The lowest BCUT2D eigenvalue weighted by molar-refractivity contribution is -0.385. The molecule has 38 heavy (non-hydrogen) atoms. The van der Waals surface area contributed by atoms with Gasteiger partial charge in [-0.3, -0.25) is 19.5 Å². The summed E-state index contributed by atoms with van der Waals surface area (Å²) in [5.74, 6) is 0.358. The van der Waals surface area contributed by atoms with E-state index >= 15 is 0 Å². The SMILES string of the molecule is CCOC(=O)C1=C(C)N=c2sc(=Cc3cc([N+](=O)[O-])c(OC)cc3OC)c(=O)n2[C@@H]1c1ccc(OC)cc1. The monoisotopic (exact) mass is 539 g/mol. The van der Waals surface area contributed by atoms with Crippen molar-refractivity contribution in [2.24, 2.45) is 4.99 Å². The van der Waals surface area contributed by atoms with Gasteiger partial charge in [0.25, 0.3) is 5.56 Å². The number of benzene rings is 2. The van der Waals surface area contributed by atoms with Crippen molar-refractivity contribution in [3.8, 4) is 17.2 Å². The molecule has 0 saturated heterocycles. The van der Waals surface area contributed by atoms with Gasteiger partial charge in [0.2, 0.25) is 5.75 Å². The van der Waals surface area contributed by atoms with Crippen LogP contribution in [0.25, 0.3) is 6.08 Å². The van der Waals surface area contributed by atoms with Crippen molar-refractivity contribution in [1.82, 2.24) is 4.57 Å². The summed E-state index contributed by atoms with van der Waals surface area (Å²) in [4.78, 5) is 42.7. The Hall–Kier alpha value is -4.45. The first kappa shape index (κ1) is 26.6. The van der Waals surface area contributed by atoms with Crippen LogP contribution in [-0.4, -0.2) is 43.4 Å². The number of nitro groups is 1. The summed E-state index contributed by atoms with van der Waals surface area (Å²) in [5.41, 5.74) is 0.942. The predicted octanol–water partition coefficient (Wildman–Crippen LogP) is 2.73. The smallest absolute Gasteiger partial charge is 0.338 e. The van der Waals surface area contributed by atoms with E-state index in [2.05, 4.69) is 4.99 Å². The molecule has 1 atom stereocenters. The van der Waals surface area contributed by atoms with Gasteiger partial charge in [-0.25, -0.2) is 9.79 Å². The average Bonchev–Trinajstić information content (AvgIpc) is 3.21. The standard InChI is InChI=1S/C26H25N3O8S/c1-6-37-25(31)22-14(2)27-26-28(23(22)15-7-9-17(34-3)10-8-15)24(30)21(38-26)12-16-11-18(29(32)33)20(36-5)13-19(16)35-4/h7-13,23H,6H2,1-5H3/t23-/m1/s1. The molecule has 0 radical (unpaired) electrons. The van der Waals surface area contributed by atoms with Crippen LogP contribution in [0.1, 0.15) is 31.0 Å². The number of nitrogens with zero attached hydrogens (tertiary/aromatic N) is 3. The highest BCUT2D eigenvalue weighted by Crippen LogP contribution is 2.35. The fourth-order valence-electron chi connectivity index (χ4n) is 4.20. The highest BCUT2D eigenvalue weighted by molar-refractivity contribution is 7.07. The number of fused-ring (bicyclic) bond motifs is 1. The lowest BCUT2D eigenvalue weighted by Gasteiger charge is -2.24. The van der Waals surface area contributed by atoms with E-state index in [1.54, 1.807) is 45.2 Å². The molecule has 2 aromatic carbocycles. The summed E-state index contributed by atoms with van der Waals surface area (Å²) in [6.07, 6.45) is 1.50. The normalized spacial score (nSPS) is 15.0. The van der Waals surface area contributed by atoms with Crippen molar-refractivity contribution in [3.05, 3.63) is 88.6 Å². The van der Waals surface area contributed by atoms with E-state index in [0.717, 1.165) is 11.3 Å². The number of carbonyl (C=O) groups excluding carboxylic acids is 1. The van der Waals surface area contributed by atoms with Crippen LogP contribution in [0.4, 0.5) is 5.69 Å². The van der Waals surface area contributed by atoms with E-state index in [1.807, 2.05) is 0 Å². The van der Waals surface area contributed by atoms with Gasteiger partial charge in [0, 0.05) is 17.7 Å². The molecule has 0 unspecified atom stereocenters. The van der Waals surface area contributed by atoms with Gasteiger partial charge >= 0.3 is 11.7 Å². The average molecular weight is 540 g/mol. The van der Waals surface area contributed by atoms with E-state index in [1.165, 1.54) is 37.0 Å². The molecule has 3 aromatic rings. The van der Waals surface area contributed by atoms with Gasteiger partial charge in [0.05, 0.1) is 54.7 Å².